The number of carbonyl (C=O) groups excluding carboxylic acids is 2. The molecule has 0 aliphatic carbocycles. The van der Waals surface area contributed by atoms with Crippen LogP contribution in [0, 0.1) is 5.92 Å². The topological polar surface area (TPSA) is 72.6 Å². The third kappa shape index (κ3) is 3.19. The van der Waals surface area contributed by atoms with Crippen LogP contribution >= 0.6 is 0 Å². The SMILES string of the molecule is C=C(OC(=O)C(F)(F)F)C(=O)N1CC(CN)C1. The zero-order valence-electron chi connectivity index (χ0n) is 8.79. The Morgan fingerprint density at radius 1 is 1.41 bits per heavy atom. The number of halogens is 3. The summed E-state index contributed by atoms with van der Waals surface area (Å²) in [6, 6.07) is 0. The quantitative estimate of drug-likeness (QED) is 0.436. The zero-order valence-corrected chi connectivity index (χ0v) is 8.79. The van der Waals surface area contributed by atoms with Crippen molar-refractivity contribution in [2.75, 3.05) is 19.6 Å². The molecule has 8 heteroatoms. The highest BCUT2D eigenvalue weighted by Gasteiger charge is 2.43. The van der Waals surface area contributed by atoms with Crippen LogP contribution in [0.3, 0.4) is 0 Å². The Kier molecular flexibility index (Phi) is 3.76. The molecule has 1 heterocycles. The summed E-state index contributed by atoms with van der Waals surface area (Å²) in [4.78, 5) is 23.0. The molecule has 1 amide bonds. The highest BCUT2D eigenvalue weighted by atomic mass is 19.4. The summed E-state index contributed by atoms with van der Waals surface area (Å²) in [5.74, 6) is -3.98. The van der Waals surface area contributed by atoms with E-state index in [1.54, 1.807) is 0 Å². The number of alkyl halides is 3. The number of amides is 1. The molecule has 0 aromatic heterocycles. The minimum absolute atomic E-state index is 0.130. The second kappa shape index (κ2) is 4.74. The van der Waals surface area contributed by atoms with Gasteiger partial charge in [0.05, 0.1) is 0 Å². The summed E-state index contributed by atoms with van der Waals surface area (Å²) in [6.45, 7) is 4.05. The van der Waals surface area contributed by atoms with Gasteiger partial charge < -0.3 is 15.4 Å². The molecule has 0 spiro atoms. The van der Waals surface area contributed by atoms with E-state index in [0.717, 1.165) is 0 Å². The summed E-state index contributed by atoms with van der Waals surface area (Å²) in [5, 5.41) is 0. The van der Waals surface area contributed by atoms with E-state index < -0.39 is 23.8 Å². The minimum Gasteiger partial charge on any atom is -0.415 e. The van der Waals surface area contributed by atoms with Crippen LogP contribution in [-0.4, -0.2) is 42.6 Å². The van der Waals surface area contributed by atoms with Crippen LogP contribution in [0.4, 0.5) is 13.2 Å². The maximum atomic E-state index is 11.8. The Balaban J connectivity index is 2.44. The van der Waals surface area contributed by atoms with Gasteiger partial charge in [0.2, 0.25) is 0 Å². The number of ether oxygens (including phenoxy) is 1. The van der Waals surface area contributed by atoms with Gasteiger partial charge in [-0.3, -0.25) is 4.79 Å². The number of hydrogen-bond donors (Lipinski definition) is 1. The maximum absolute atomic E-state index is 11.8. The van der Waals surface area contributed by atoms with Crippen molar-refractivity contribution < 1.29 is 27.5 Å². The summed E-state index contributed by atoms with van der Waals surface area (Å²) in [6.07, 6.45) is -5.14. The first kappa shape index (κ1) is 13.5. The first-order valence-corrected chi connectivity index (χ1v) is 4.73. The third-order valence-corrected chi connectivity index (χ3v) is 2.26. The van der Waals surface area contributed by atoms with Gasteiger partial charge in [0.25, 0.3) is 5.91 Å². The minimum atomic E-state index is -5.14. The molecule has 2 N–H and O–H groups in total. The number of carbonyl (C=O) groups is 2. The van der Waals surface area contributed by atoms with Gasteiger partial charge in [0.15, 0.2) is 5.76 Å². The summed E-state index contributed by atoms with van der Waals surface area (Å²) < 4.78 is 39.3. The molecule has 0 bridgehead atoms. The van der Waals surface area contributed by atoms with E-state index in [9.17, 15) is 22.8 Å². The second-order valence-electron chi connectivity index (χ2n) is 3.62. The molecule has 0 aromatic carbocycles. The normalized spacial score (nSPS) is 16.4. The van der Waals surface area contributed by atoms with Crippen LogP contribution < -0.4 is 5.73 Å². The lowest BCUT2D eigenvalue weighted by atomic mass is 10.0. The largest absolute Gasteiger partial charge is 0.491 e. The Labute approximate surface area is 95.0 Å². The summed E-state index contributed by atoms with van der Waals surface area (Å²) in [7, 11) is 0. The monoisotopic (exact) mass is 252 g/mol. The predicted molar refractivity (Wildman–Crippen MR) is 50.4 cm³/mol. The molecule has 5 nitrogen and oxygen atoms in total. The molecule has 0 aromatic rings. The van der Waals surface area contributed by atoms with Crippen LogP contribution in [0.15, 0.2) is 12.3 Å². The van der Waals surface area contributed by atoms with Crippen molar-refractivity contribution in [3.8, 4) is 0 Å². The highest BCUT2D eigenvalue weighted by molar-refractivity contribution is 5.94. The van der Waals surface area contributed by atoms with E-state index in [2.05, 4.69) is 11.3 Å². The molecule has 0 atom stereocenters. The average molecular weight is 252 g/mol. The fraction of sp³-hybridized carbons (Fsp3) is 0.556. The van der Waals surface area contributed by atoms with Crippen LogP contribution in [0.2, 0.25) is 0 Å². The van der Waals surface area contributed by atoms with Gasteiger partial charge in [0, 0.05) is 19.0 Å². The van der Waals surface area contributed by atoms with Crippen LogP contribution in [0.5, 0.6) is 0 Å². The van der Waals surface area contributed by atoms with Gasteiger partial charge in [-0.1, -0.05) is 6.58 Å². The number of nitrogens with zero attached hydrogens (tertiary/aromatic N) is 1. The van der Waals surface area contributed by atoms with Gasteiger partial charge in [0.1, 0.15) is 0 Å². The van der Waals surface area contributed by atoms with Crippen molar-refractivity contribution in [3.05, 3.63) is 12.3 Å². The van der Waals surface area contributed by atoms with Gasteiger partial charge in [-0.25, -0.2) is 4.79 Å². The number of rotatable bonds is 3. The van der Waals surface area contributed by atoms with Crippen LogP contribution in [0.25, 0.3) is 0 Å². The Morgan fingerprint density at radius 3 is 2.35 bits per heavy atom. The van der Waals surface area contributed by atoms with Crippen molar-refractivity contribution in [2.45, 2.75) is 6.18 Å². The predicted octanol–water partition coefficient (Wildman–Crippen LogP) is 0.0227. The van der Waals surface area contributed by atoms with Gasteiger partial charge in [-0.05, 0) is 6.54 Å². The molecule has 0 unspecified atom stereocenters. The van der Waals surface area contributed by atoms with E-state index >= 15 is 0 Å². The summed E-state index contributed by atoms with van der Waals surface area (Å²) >= 11 is 0. The molecule has 1 fully saturated rings. The summed E-state index contributed by atoms with van der Waals surface area (Å²) in [5.41, 5.74) is 5.32. The number of nitrogens with two attached hydrogens (primary N) is 1. The first-order chi connectivity index (χ1) is 7.75. The fourth-order valence-corrected chi connectivity index (χ4v) is 1.27. The first-order valence-electron chi connectivity index (χ1n) is 4.73. The lowest BCUT2D eigenvalue weighted by Gasteiger charge is -2.38. The van der Waals surface area contributed by atoms with E-state index in [-0.39, 0.29) is 5.92 Å². The third-order valence-electron chi connectivity index (χ3n) is 2.26. The van der Waals surface area contributed by atoms with Gasteiger partial charge in [-0.15, -0.1) is 0 Å². The maximum Gasteiger partial charge on any atom is 0.491 e. The molecule has 0 saturated carbocycles. The molecule has 1 rings (SSSR count). The zero-order chi connectivity index (χ0) is 13.2. The van der Waals surface area contributed by atoms with Crippen molar-refractivity contribution >= 4 is 11.9 Å². The van der Waals surface area contributed by atoms with Crippen molar-refractivity contribution in [3.63, 3.8) is 0 Å². The molecule has 0 radical (unpaired) electrons. The fourth-order valence-electron chi connectivity index (χ4n) is 1.27. The average Bonchev–Trinajstić information content (AvgIpc) is 2.14. The number of likely N-dealkylation sites (tertiary alicyclic amines) is 1. The van der Waals surface area contributed by atoms with Gasteiger partial charge in [-0.2, -0.15) is 13.2 Å². The van der Waals surface area contributed by atoms with Crippen LogP contribution in [-0.2, 0) is 14.3 Å². The Hall–Kier alpha value is -1.57. The second-order valence-corrected chi connectivity index (χ2v) is 3.62. The Bertz CT molecular complexity index is 348. The van der Waals surface area contributed by atoms with Gasteiger partial charge >= 0.3 is 12.1 Å². The molecular weight excluding hydrogens is 241 g/mol. The van der Waals surface area contributed by atoms with E-state index in [1.165, 1.54) is 4.90 Å². The van der Waals surface area contributed by atoms with E-state index in [0.29, 0.717) is 19.6 Å². The Morgan fingerprint density at radius 2 is 1.94 bits per heavy atom. The molecule has 1 aliphatic heterocycles. The van der Waals surface area contributed by atoms with Crippen molar-refractivity contribution in [1.29, 1.82) is 0 Å². The molecule has 1 aliphatic rings. The lowest BCUT2D eigenvalue weighted by Crippen LogP contribution is -2.53. The highest BCUT2D eigenvalue weighted by Crippen LogP contribution is 2.21. The standard InChI is InChI=1S/C9H11F3N2O3/c1-5(17-8(16)9(10,11)12)7(15)14-3-6(2-13)4-14/h6H,1-4,13H2. The molecule has 17 heavy (non-hydrogen) atoms. The van der Waals surface area contributed by atoms with Crippen molar-refractivity contribution in [2.24, 2.45) is 11.7 Å². The molecular formula is C9H11F3N2O3. The van der Waals surface area contributed by atoms with E-state index in [1.807, 2.05) is 0 Å². The van der Waals surface area contributed by atoms with Crippen LogP contribution in [0.1, 0.15) is 0 Å². The number of esters is 1. The molecule has 1 saturated heterocycles. The van der Waals surface area contributed by atoms with Crippen molar-refractivity contribution in [1.82, 2.24) is 4.90 Å². The smallest absolute Gasteiger partial charge is 0.415 e. The lowest BCUT2D eigenvalue weighted by molar-refractivity contribution is -0.196. The molecule has 96 valence electrons. The van der Waals surface area contributed by atoms with E-state index in [4.69, 9.17) is 5.73 Å². The number of hydrogen-bond acceptors (Lipinski definition) is 4.